The van der Waals surface area contributed by atoms with Crippen molar-refractivity contribution in [1.82, 2.24) is 14.9 Å². The summed E-state index contributed by atoms with van der Waals surface area (Å²) in [4.78, 5) is 10.0. The van der Waals surface area contributed by atoms with Crippen LogP contribution in [0.5, 0.6) is 0 Å². The molecule has 2 aromatic rings. The first kappa shape index (κ1) is 13.4. The first-order valence-corrected chi connectivity index (χ1v) is 7.10. The Morgan fingerprint density at radius 1 is 1.35 bits per heavy atom. The third-order valence-electron chi connectivity index (χ3n) is 3.42. The van der Waals surface area contributed by atoms with Gasteiger partial charge in [0.25, 0.3) is 0 Å². The molecule has 2 heterocycles. The number of hydrogen-bond acceptors (Lipinski definition) is 4. The van der Waals surface area contributed by atoms with E-state index in [2.05, 4.69) is 34.0 Å². The molecule has 20 heavy (non-hydrogen) atoms. The number of rotatable bonds is 2. The lowest BCUT2D eigenvalue weighted by Crippen LogP contribution is -2.36. The van der Waals surface area contributed by atoms with Gasteiger partial charge in [0.2, 0.25) is 0 Å². The van der Waals surface area contributed by atoms with E-state index in [1.807, 2.05) is 24.3 Å². The number of nitrogens with zero attached hydrogens (tertiary/aromatic N) is 2. The maximum absolute atomic E-state index is 5.80. The van der Waals surface area contributed by atoms with E-state index in [-0.39, 0.29) is 6.10 Å². The van der Waals surface area contributed by atoms with Crippen LogP contribution in [0.4, 0.5) is 0 Å². The molecular weight excluding hydrogens is 270 g/mol. The van der Waals surface area contributed by atoms with Crippen LogP contribution in [0.2, 0.25) is 0 Å². The van der Waals surface area contributed by atoms with Crippen LogP contribution in [0.15, 0.2) is 36.4 Å². The van der Waals surface area contributed by atoms with Crippen molar-refractivity contribution in [3.05, 3.63) is 46.9 Å². The predicted molar refractivity (Wildman–Crippen MR) is 81.0 cm³/mol. The van der Waals surface area contributed by atoms with E-state index in [0.717, 1.165) is 36.8 Å². The Hall–Kier alpha value is -1.56. The lowest BCUT2D eigenvalue weighted by Gasteiger charge is -2.29. The van der Waals surface area contributed by atoms with Crippen LogP contribution in [0.1, 0.15) is 11.9 Å². The van der Waals surface area contributed by atoms with Gasteiger partial charge < -0.3 is 14.6 Å². The third kappa shape index (κ3) is 2.95. The van der Waals surface area contributed by atoms with Crippen LogP contribution in [0, 0.1) is 4.64 Å². The highest BCUT2D eigenvalue weighted by atomic mass is 32.1. The molecule has 5 heteroatoms. The number of morpholine rings is 1. The highest BCUT2D eigenvalue weighted by Gasteiger charge is 2.21. The summed E-state index contributed by atoms with van der Waals surface area (Å²) in [6, 6.07) is 12.0. The standard InChI is InChI=1S/C15H17N3OS/c1-18-7-8-19-13(10-18)15-16-12(9-14(20)17-15)11-5-3-2-4-6-11/h2-6,9,13H,7-8,10H2,1H3,(H,16,17,20). The number of likely N-dealkylation sites (N-methyl/N-ethyl adjacent to an activating group) is 1. The molecule has 1 aromatic heterocycles. The number of H-pyrrole nitrogens is 1. The zero-order chi connectivity index (χ0) is 13.9. The van der Waals surface area contributed by atoms with Gasteiger partial charge in [-0.2, -0.15) is 0 Å². The van der Waals surface area contributed by atoms with Crippen molar-refractivity contribution in [2.75, 3.05) is 26.7 Å². The summed E-state index contributed by atoms with van der Waals surface area (Å²) in [6.45, 7) is 2.51. The van der Waals surface area contributed by atoms with Gasteiger partial charge in [-0.05, 0) is 18.7 Å². The molecule has 0 bridgehead atoms. The summed E-state index contributed by atoms with van der Waals surface area (Å²) in [6.07, 6.45) is -0.0425. The second-order valence-electron chi connectivity index (χ2n) is 5.01. The van der Waals surface area contributed by atoms with E-state index in [1.54, 1.807) is 0 Å². The van der Waals surface area contributed by atoms with Crippen molar-refractivity contribution in [3.8, 4) is 11.3 Å². The van der Waals surface area contributed by atoms with Gasteiger partial charge in [0, 0.05) is 18.8 Å². The van der Waals surface area contributed by atoms with Gasteiger partial charge in [-0.1, -0.05) is 42.5 Å². The van der Waals surface area contributed by atoms with Crippen molar-refractivity contribution >= 4 is 12.2 Å². The molecule has 0 saturated carbocycles. The predicted octanol–water partition coefficient (Wildman–Crippen LogP) is 2.81. The lowest BCUT2D eigenvalue weighted by molar-refractivity contribution is -0.0254. The first-order chi connectivity index (χ1) is 9.72. The Kier molecular flexibility index (Phi) is 3.91. The van der Waals surface area contributed by atoms with E-state index < -0.39 is 0 Å². The van der Waals surface area contributed by atoms with Gasteiger partial charge in [0.1, 0.15) is 16.6 Å². The van der Waals surface area contributed by atoms with Crippen molar-refractivity contribution in [1.29, 1.82) is 0 Å². The molecule has 1 aliphatic heterocycles. The fourth-order valence-electron chi connectivity index (χ4n) is 2.35. The molecule has 1 aromatic carbocycles. The lowest BCUT2D eigenvalue weighted by atomic mass is 10.1. The average Bonchev–Trinajstić information content (AvgIpc) is 2.47. The summed E-state index contributed by atoms with van der Waals surface area (Å²) in [7, 11) is 2.09. The van der Waals surface area contributed by atoms with Crippen molar-refractivity contribution in [2.24, 2.45) is 0 Å². The Bertz CT molecular complexity index is 641. The minimum atomic E-state index is -0.0425. The average molecular weight is 287 g/mol. The van der Waals surface area contributed by atoms with Crippen LogP contribution in [-0.2, 0) is 4.74 Å². The molecule has 0 amide bonds. The number of nitrogens with one attached hydrogen (secondary N) is 1. The molecule has 104 valence electrons. The largest absolute Gasteiger partial charge is 0.368 e. The van der Waals surface area contributed by atoms with E-state index >= 15 is 0 Å². The number of benzene rings is 1. The van der Waals surface area contributed by atoms with Gasteiger partial charge in [0.05, 0.1) is 6.61 Å². The van der Waals surface area contributed by atoms with Gasteiger partial charge in [-0.3, -0.25) is 0 Å². The summed E-state index contributed by atoms with van der Waals surface area (Å²) in [5.74, 6) is 0.808. The molecule has 1 fully saturated rings. The highest BCUT2D eigenvalue weighted by Crippen LogP contribution is 2.22. The molecule has 1 saturated heterocycles. The van der Waals surface area contributed by atoms with E-state index in [4.69, 9.17) is 17.0 Å². The normalized spacial score (nSPS) is 19.9. The molecule has 0 spiro atoms. The van der Waals surface area contributed by atoms with Gasteiger partial charge in [0.15, 0.2) is 0 Å². The number of ether oxygens (including phenoxy) is 1. The SMILES string of the molecule is CN1CCOC(c2nc(=S)cc(-c3ccccc3)[nH]2)C1. The topological polar surface area (TPSA) is 41.1 Å². The Morgan fingerprint density at radius 2 is 2.15 bits per heavy atom. The Labute approximate surface area is 123 Å². The summed E-state index contributed by atoms with van der Waals surface area (Å²) in [5, 5.41) is 0. The second-order valence-corrected chi connectivity index (χ2v) is 5.42. The van der Waals surface area contributed by atoms with E-state index in [9.17, 15) is 0 Å². The van der Waals surface area contributed by atoms with Crippen LogP contribution < -0.4 is 0 Å². The van der Waals surface area contributed by atoms with E-state index in [1.165, 1.54) is 0 Å². The Balaban J connectivity index is 1.97. The van der Waals surface area contributed by atoms with Crippen molar-refractivity contribution in [2.45, 2.75) is 6.10 Å². The maximum atomic E-state index is 5.80. The molecule has 1 aliphatic rings. The number of hydrogen-bond donors (Lipinski definition) is 1. The number of aromatic nitrogens is 2. The third-order valence-corrected chi connectivity index (χ3v) is 3.63. The van der Waals surface area contributed by atoms with Gasteiger partial charge in [-0.15, -0.1) is 0 Å². The summed E-state index contributed by atoms with van der Waals surface area (Å²) < 4.78 is 6.39. The highest BCUT2D eigenvalue weighted by molar-refractivity contribution is 7.71. The quantitative estimate of drug-likeness (QED) is 0.862. The molecule has 3 rings (SSSR count). The monoisotopic (exact) mass is 287 g/mol. The molecule has 0 radical (unpaired) electrons. The fourth-order valence-corrected chi connectivity index (χ4v) is 2.56. The molecule has 1 atom stereocenters. The molecule has 0 aliphatic carbocycles. The molecule has 1 N–H and O–H groups in total. The minimum absolute atomic E-state index is 0.0425. The fraction of sp³-hybridized carbons (Fsp3) is 0.333. The van der Waals surface area contributed by atoms with Crippen LogP contribution in [0.25, 0.3) is 11.3 Å². The van der Waals surface area contributed by atoms with Crippen LogP contribution >= 0.6 is 12.2 Å². The van der Waals surface area contributed by atoms with E-state index in [0.29, 0.717) is 4.64 Å². The van der Waals surface area contributed by atoms with Gasteiger partial charge >= 0.3 is 0 Å². The second kappa shape index (κ2) is 5.83. The van der Waals surface area contributed by atoms with Crippen molar-refractivity contribution < 1.29 is 4.74 Å². The first-order valence-electron chi connectivity index (χ1n) is 6.69. The molecule has 4 nitrogen and oxygen atoms in total. The zero-order valence-electron chi connectivity index (χ0n) is 11.4. The molecular formula is C15H17N3OS. The van der Waals surface area contributed by atoms with Crippen molar-refractivity contribution in [3.63, 3.8) is 0 Å². The summed E-state index contributed by atoms with van der Waals surface area (Å²) >= 11 is 5.29. The van der Waals surface area contributed by atoms with Crippen LogP contribution in [-0.4, -0.2) is 41.6 Å². The van der Waals surface area contributed by atoms with Gasteiger partial charge in [-0.25, -0.2) is 4.98 Å². The molecule has 1 unspecified atom stereocenters. The zero-order valence-corrected chi connectivity index (χ0v) is 12.2. The Morgan fingerprint density at radius 3 is 2.90 bits per heavy atom. The van der Waals surface area contributed by atoms with Crippen LogP contribution in [0.3, 0.4) is 0 Å². The number of aromatic amines is 1. The smallest absolute Gasteiger partial charge is 0.138 e. The maximum Gasteiger partial charge on any atom is 0.138 e. The minimum Gasteiger partial charge on any atom is -0.368 e. The summed E-state index contributed by atoms with van der Waals surface area (Å²) in [5.41, 5.74) is 2.09.